The summed E-state index contributed by atoms with van der Waals surface area (Å²) in [6.45, 7) is 0. The molecule has 7 heteroatoms. The Morgan fingerprint density at radius 2 is 1.69 bits per heavy atom. The van der Waals surface area contributed by atoms with Gasteiger partial charge in [-0.2, -0.15) is 10.2 Å². The third-order valence-electron chi connectivity index (χ3n) is 4.69. The van der Waals surface area contributed by atoms with Gasteiger partial charge in [-0.25, -0.2) is 9.36 Å². The van der Waals surface area contributed by atoms with Gasteiger partial charge in [0.25, 0.3) is 0 Å². The molecule has 0 aliphatic rings. The SMILES string of the molecule is c1cc(Oc2cccc(-n3ncc4c5sccc5sc43)c2)cc(-n2cccn2)c1. The molecule has 29 heavy (non-hydrogen) atoms. The normalized spacial score (nSPS) is 11.4. The van der Waals surface area contributed by atoms with Crippen LogP contribution in [0.2, 0.25) is 0 Å². The van der Waals surface area contributed by atoms with E-state index in [1.807, 2.05) is 76.4 Å². The van der Waals surface area contributed by atoms with Gasteiger partial charge in [0.2, 0.25) is 0 Å². The lowest BCUT2D eigenvalue weighted by atomic mass is 10.3. The number of nitrogens with zero attached hydrogens (tertiary/aromatic N) is 4. The molecule has 0 aliphatic heterocycles. The van der Waals surface area contributed by atoms with Gasteiger partial charge in [-0.3, -0.25) is 0 Å². The highest BCUT2D eigenvalue weighted by Crippen LogP contribution is 2.38. The van der Waals surface area contributed by atoms with Crippen LogP contribution in [0.15, 0.2) is 84.6 Å². The first kappa shape index (κ1) is 16.5. The minimum absolute atomic E-state index is 0.761. The predicted octanol–water partition coefficient (Wildman–Crippen LogP) is 6.28. The Hall–Kier alpha value is -3.42. The molecule has 4 aromatic heterocycles. The van der Waals surface area contributed by atoms with E-state index >= 15 is 0 Å². The molecule has 6 rings (SSSR count). The molecular weight excluding hydrogens is 400 g/mol. The van der Waals surface area contributed by atoms with Gasteiger partial charge in [-0.1, -0.05) is 12.1 Å². The highest BCUT2D eigenvalue weighted by atomic mass is 32.1. The van der Waals surface area contributed by atoms with Gasteiger partial charge < -0.3 is 4.74 Å². The summed E-state index contributed by atoms with van der Waals surface area (Å²) >= 11 is 3.53. The zero-order valence-corrected chi connectivity index (χ0v) is 16.7. The molecule has 2 aromatic carbocycles. The van der Waals surface area contributed by atoms with Crippen molar-refractivity contribution in [2.75, 3.05) is 0 Å². The smallest absolute Gasteiger partial charge is 0.129 e. The van der Waals surface area contributed by atoms with Crippen molar-refractivity contribution in [3.63, 3.8) is 0 Å². The zero-order chi connectivity index (χ0) is 19.2. The highest BCUT2D eigenvalue weighted by molar-refractivity contribution is 7.31. The number of fused-ring (bicyclic) bond motifs is 3. The molecule has 140 valence electrons. The molecule has 0 saturated heterocycles. The van der Waals surface area contributed by atoms with Crippen molar-refractivity contribution in [3.8, 4) is 22.9 Å². The fourth-order valence-electron chi connectivity index (χ4n) is 3.38. The second-order valence-corrected chi connectivity index (χ2v) is 8.49. The van der Waals surface area contributed by atoms with Crippen LogP contribution >= 0.6 is 22.7 Å². The third-order valence-corrected chi connectivity index (χ3v) is 6.91. The standard InChI is InChI=1S/C22H14N4OS2/c1-4-15(25-10-3-9-23-25)12-17(6-1)27-18-7-2-5-16(13-18)26-22-19(14-24-26)21-20(29-22)8-11-28-21/h1-14H. The van der Waals surface area contributed by atoms with Crippen molar-refractivity contribution < 1.29 is 4.74 Å². The van der Waals surface area contributed by atoms with Gasteiger partial charge in [0.1, 0.15) is 16.3 Å². The Labute approximate surface area is 174 Å². The average molecular weight is 415 g/mol. The summed E-state index contributed by atoms with van der Waals surface area (Å²) in [6.07, 6.45) is 5.62. The van der Waals surface area contributed by atoms with E-state index < -0.39 is 0 Å². The first-order valence-corrected chi connectivity index (χ1v) is 10.8. The van der Waals surface area contributed by atoms with Gasteiger partial charge in [0.05, 0.1) is 22.3 Å². The van der Waals surface area contributed by atoms with Crippen LogP contribution in [0, 0.1) is 0 Å². The lowest BCUT2D eigenvalue weighted by Crippen LogP contribution is -1.96. The lowest BCUT2D eigenvalue weighted by Gasteiger charge is -2.09. The minimum atomic E-state index is 0.761. The molecule has 6 aromatic rings. The van der Waals surface area contributed by atoms with Gasteiger partial charge in [-0.15, -0.1) is 22.7 Å². The van der Waals surface area contributed by atoms with Crippen molar-refractivity contribution >= 4 is 42.3 Å². The fourth-order valence-corrected chi connectivity index (χ4v) is 5.65. The van der Waals surface area contributed by atoms with E-state index in [-0.39, 0.29) is 0 Å². The van der Waals surface area contributed by atoms with Crippen molar-refractivity contribution in [3.05, 3.63) is 84.6 Å². The Bertz CT molecular complexity index is 1440. The summed E-state index contributed by atoms with van der Waals surface area (Å²) in [5.41, 5.74) is 1.94. The van der Waals surface area contributed by atoms with E-state index in [1.54, 1.807) is 28.9 Å². The largest absolute Gasteiger partial charge is 0.457 e. The molecule has 0 amide bonds. The van der Waals surface area contributed by atoms with Gasteiger partial charge in [0, 0.05) is 34.6 Å². The number of thiophene rings is 2. The number of ether oxygens (including phenoxy) is 1. The average Bonchev–Trinajstić information content (AvgIpc) is 3.51. The van der Waals surface area contributed by atoms with E-state index in [0.29, 0.717) is 0 Å². The molecule has 0 fully saturated rings. The summed E-state index contributed by atoms with van der Waals surface area (Å²) < 4.78 is 12.5. The first-order chi connectivity index (χ1) is 14.3. The third kappa shape index (κ3) is 2.83. The molecule has 0 spiro atoms. The molecule has 0 unspecified atom stereocenters. The first-order valence-electron chi connectivity index (χ1n) is 9.07. The Kier molecular flexibility index (Phi) is 3.75. The fraction of sp³-hybridized carbons (Fsp3) is 0. The minimum Gasteiger partial charge on any atom is -0.457 e. The van der Waals surface area contributed by atoms with E-state index in [1.165, 1.54) is 14.8 Å². The van der Waals surface area contributed by atoms with E-state index in [9.17, 15) is 0 Å². The highest BCUT2D eigenvalue weighted by Gasteiger charge is 2.13. The van der Waals surface area contributed by atoms with Crippen molar-refractivity contribution in [1.82, 2.24) is 19.6 Å². The lowest BCUT2D eigenvalue weighted by molar-refractivity contribution is 0.482. The maximum absolute atomic E-state index is 6.14. The quantitative estimate of drug-likeness (QED) is 0.341. The van der Waals surface area contributed by atoms with Gasteiger partial charge in [0.15, 0.2) is 0 Å². The van der Waals surface area contributed by atoms with Crippen molar-refractivity contribution in [2.45, 2.75) is 0 Å². The van der Waals surface area contributed by atoms with Crippen LogP contribution in [0.1, 0.15) is 0 Å². The van der Waals surface area contributed by atoms with Crippen LogP contribution in [0.25, 0.3) is 31.0 Å². The topological polar surface area (TPSA) is 44.9 Å². The molecule has 0 aliphatic carbocycles. The van der Waals surface area contributed by atoms with Gasteiger partial charge >= 0.3 is 0 Å². The second-order valence-electron chi connectivity index (χ2n) is 6.54. The summed E-state index contributed by atoms with van der Waals surface area (Å²) in [5, 5.41) is 12.2. The summed E-state index contributed by atoms with van der Waals surface area (Å²) in [4.78, 5) is 1.16. The molecule has 0 radical (unpaired) electrons. The van der Waals surface area contributed by atoms with E-state index in [2.05, 4.69) is 21.6 Å². The number of benzene rings is 2. The van der Waals surface area contributed by atoms with Crippen LogP contribution in [0.5, 0.6) is 11.5 Å². The molecule has 0 N–H and O–H groups in total. The monoisotopic (exact) mass is 414 g/mol. The van der Waals surface area contributed by atoms with Crippen LogP contribution in [-0.4, -0.2) is 19.6 Å². The summed E-state index contributed by atoms with van der Waals surface area (Å²) in [5.74, 6) is 1.53. The maximum Gasteiger partial charge on any atom is 0.129 e. The number of hydrogen-bond acceptors (Lipinski definition) is 5. The number of hydrogen-bond donors (Lipinski definition) is 0. The molecule has 0 saturated carbocycles. The molecule has 0 bridgehead atoms. The van der Waals surface area contributed by atoms with Crippen LogP contribution in [-0.2, 0) is 0 Å². The Morgan fingerprint density at radius 1 is 0.862 bits per heavy atom. The molecule has 0 atom stereocenters. The Morgan fingerprint density at radius 3 is 2.52 bits per heavy atom. The second kappa shape index (κ2) is 6.58. The van der Waals surface area contributed by atoms with Gasteiger partial charge in [-0.05, 0) is 41.8 Å². The summed E-state index contributed by atoms with van der Waals surface area (Å²) in [7, 11) is 0. The Balaban J connectivity index is 1.35. The van der Waals surface area contributed by atoms with Crippen molar-refractivity contribution in [2.24, 2.45) is 0 Å². The molecule has 5 nitrogen and oxygen atoms in total. The predicted molar refractivity (Wildman–Crippen MR) is 118 cm³/mol. The molecule has 4 heterocycles. The van der Waals surface area contributed by atoms with Crippen LogP contribution in [0.3, 0.4) is 0 Å². The number of rotatable bonds is 4. The molecular formula is C22H14N4OS2. The van der Waals surface area contributed by atoms with E-state index in [0.717, 1.165) is 27.7 Å². The van der Waals surface area contributed by atoms with Crippen LogP contribution in [0.4, 0.5) is 0 Å². The van der Waals surface area contributed by atoms with Crippen LogP contribution < -0.4 is 4.74 Å². The number of aromatic nitrogens is 4. The summed E-state index contributed by atoms with van der Waals surface area (Å²) in [6, 6.07) is 20.0. The van der Waals surface area contributed by atoms with E-state index in [4.69, 9.17) is 4.74 Å². The van der Waals surface area contributed by atoms with Crippen molar-refractivity contribution in [1.29, 1.82) is 0 Å². The zero-order valence-electron chi connectivity index (χ0n) is 15.1. The maximum atomic E-state index is 6.14.